The zero-order valence-corrected chi connectivity index (χ0v) is 13.7. The van der Waals surface area contributed by atoms with E-state index < -0.39 is 5.43 Å². The third-order valence-electron chi connectivity index (χ3n) is 4.07. The van der Waals surface area contributed by atoms with Crippen LogP contribution in [0.25, 0.3) is 0 Å². The highest BCUT2D eigenvalue weighted by molar-refractivity contribution is 7.11. The molecule has 0 unspecified atom stereocenters. The maximum atomic E-state index is 11.5. The van der Waals surface area contributed by atoms with Gasteiger partial charge >= 0.3 is 0 Å². The first-order chi connectivity index (χ1) is 10.6. The standard InChI is InChI=1S/C16H20N2O3S/c1-3-15-17-11-5-4-6-12(16(11)22-15)18(2)8-10-7-13(19)14(20)9-21-10/h7,9,12,20H,3-6,8H2,1-2H3/t12-/m0/s1. The van der Waals surface area contributed by atoms with Gasteiger partial charge in [-0.05, 0) is 32.7 Å². The molecular formula is C16H20N2O3S. The van der Waals surface area contributed by atoms with E-state index in [4.69, 9.17) is 9.40 Å². The third kappa shape index (κ3) is 2.94. The Bertz CT molecular complexity index is 722. The fourth-order valence-corrected chi connectivity index (χ4v) is 4.16. The van der Waals surface area contributed by atoms with Crippen molar-refractivity contribution in [3.05, 3.63) is 43.9 Å². The zero-order valence-electron chi connectivity index (χ0n) is 12.8. The van der Waals surface area contributed by atoms with Gasteiger partial charge in [0.05, 0.1) is 17.2 Å². The SMILES string of the molecule is CCc1nc2c(s1)[C@@H](N(C)Cc1cc(=O)c(O)co1)CCC2. The number of thiazole rings is 1. The van der Waals surface area contributed by atoms with Crippen LogP contribution in [0, 0.1) is 0 Å². The molecule has 118 valence electrons. The molecule has 1 aliphatic rings. The average molecular weight is 320 g/mol. The van der Waals surface area contributed by atoms with Crippen LogP contribution in [-0.2, 0) is 19.4 Å². The largest absolute Gasteiger partial charge is 0.502 e. The van der Waals surface area contributed by atoms with Crippen molar-refractivity contribution in [2.75, 3.05) is 7.05 Å². The van der Waals surface area contributed by atoms with Crippen LogP contribution in [0.5, 0.6) is 5.75 Å². The molecule has 0 aromatic carbocycles. The van der Waals surface area contributed by atoms with E-state index in [1.54, 1.807) is 11.3 Å². The third-order valence-corrected chi connectivity index (χ3v) is 5.42. The lowest BCUT2D eigenvalue weighted by atomic mass is 9.97. The minimum Gasteiger partial charge on any atom is -0.502 e. The number of fused-ring (bicyclic) bond motifs is 1. The molecule has 2 aromatic rings. The first-order valence-corrected chi connectivity index (χ1v) is 8.39. The topological polar surface area (TPSA) is 66.6 Å². The molecule has 1 N–H and O–H groups in total. The summed E-state index contributed by atoms with van der Waals surface area (Å²) in [5.74, 6) is 0.221. The van der Waals surface area contributed by atoms with Crippen molar-refractivity contribution in [1.29, 1.82) is 0 Å². The molecule has 6 heteroatoms. The number of aryl methyl sites for hydroxylation is 2. The van der Waals surface area contributed by atoms with Crippen molar-refractivity contribution in [3.63, 3.8) is 0 Å². The van der Waals surface area contributed by atoms with Crippen LogP contribution < -0.4 is 5.43 Å². The summed E-state index contributed by atoms with van der Waals surface area (Å²) in [6, 6.07) is 1.68. The molecule has 2 heterocycles. The summed E-state index contributed by atoms with van der Waals surface area (Å²) >= 11 is 1.80. The molecule has 0 aliphatic heterocycles. The first kappa shape index (κ1) is 15.2. The lowest BCUT2D eigenvalue weighted by Crippen LogP contribution is -2.27. The van der Waals surface area contributed by atoms with Crippen molar-refractivity contribution in [3.8, 4) is 5.75 Å². The van der Waals surface area contributed by atoms with Crippen molar-refractivity contribution in [2.24, 2.45) is 0 Å². The molecule has 1 atom stereocenters. The Morgan fingerprint density at radius 3 is 3.09 bits per heavy atom. The fraction of sp³-hybridized carbons (Fsp3) is 0.500. The normalized spacial score (nSPS) is 17.7. The predicted octanol–water partition coefficient (Wildman–Crippen LogP) is 2.87. The summed E-state index contributed by atoms with van der Waals surface area (Å²) in [7, 11) is 2.04. The van der Waals surface area contributed by atoms with Crippen LogP contribution in [0.2, 0.25) is 0 Å². The van der Waals surface area contributed by atoms with E-state index in [1.165, 1.54) is 21.6 Å². The van der Waals surface area contributed by atoms with E-state index in [0.717, 1.165) is 31.9 Å². The number of nitrogens with zero attached hydrogens (tertiary/aromatic N) is 2. The summed E-state index contributed by atoms with van der Waals surface area (Å²) < 4.78 is 5.31. The van der Waals surface area contributed by atoms with Gasteiger partial charge in [-0.15, -0.1) is 11.3 Å². The van der Waals surface area contributed by atoms with E-state index >= 15 is 0 Å². The van der Waals surface area contributed by atoms with Gasteiger partial charge in [0.25, 0.3) is 0 Å². The minimum atomic E-state index is -0.398. The van der Waals surface area contributed by atoms with Crippen LogP contribution in [-0.4, -0.2) is 22.0 Å². The van der Waals surface area contributed by atoms with Gasteiger partial charge in [-0.3, -0.25) is 9.69 Å². The highest BCUT2D eigenvalue weighted by atomic mass is 32.1. The van der Waals surface area contributed by atoms with E-state index in [-0.39, 0.29) is 5.75 Å². The van der Waals surface area contributed by atoms with Gasteiger partial charge in [-0.2, -0.15) is 0 Å². The zero-order chi connectivity index (χ0) is 15.7. The molecule has 0 amide bonds. The maximum Gasteiger partial charge on any atom is 0.226 e. The Morgan fingerprint density at radius 2 is 2.36 bits per heavy atom. The number of hydrogen-bond donors (Lipinski definition) is 1. The summed E-state index contributed by atoms with van der Waals surface area (Å²) in [4.78, 5) is 19.8. The highest BCUT2D eigenvalue weighted by Gasteiger charge is 2.27. The van der Waals surface area contributed by atoms with Crippen molar-refractivity contribution < 1.29 is 9.52 Å². The average Bonchev–Trinajstić information content (AvgIpc) is 2.94. The lowest BCUT2D eigenvalue weighted by Gasteiger charge is -2.30. The predicted molar refractivity (Wildman–Crippen MR) is 85.3 cm³/mol. The molecule has 3 rings (SSSR count). The Balaban J connectivity index is 1.81. The van der Waals surface area contributed by atoms with Crippen LogP contribution in [0.3, 0.4) is 0 Å². The molecule has 0 fully saturated rings. The fourth-order valence-electron chi connectivity index (χ4n) is 2.90. The van der Waals surface area contributed by atoms with Crippen LogP contribution >= 0.6 is 11.3 Å². The van der Waals surface area contributed by atoms with Crippen LogP contribution in [0.4, 0.5) is 0 Å². The highest BCUT2D eigenvalue weighted by Crippen LogP contribution is 2.38. The van der Waals surface area contributed by atoms with Crippen LogP contribution in [0.1, 0.15) is 47.1 Å². The second kappa shape index (κ2) is 6.22. The molecule has 0 bridgehead atoms. The van der Waals surface area contributed by atoms with Gasteiger partial charge < -0.3 is 9.52 Å². The van der Waals surface area contributed by atoms with E-state index in [2.05, 4.69) is 11.8 Å². The second-order valence-corrected chi connectivity index (χ2v) is 6.81. The molecular weight excluding hydrogens is 300 g/mol. The molecule has 0 saturated carbocycles. The van der Waals surface area contributed by atoms with Gasteiger partial charge in [0.2, 0.25) is 5.43 Å². The Kier molecular flexibility index (Phi) is 4.31. The number of rotatable bonds is 4. The molecule has 0 saturated heterocycles. The van der Waals surface area contributed by atoms with E-state index in [1.807, 2.05) is 7.05 Å². The van der Waals surface area contributed by atoms with Gasteiger partial charge in [-0.1, -0.05) is 6.92 Å². The summed E-state index contributed by atoms with van der Waals surface area (Å²) in [6.07, 6.45) is 5.37. The quantitative estimate of drug-likeness (QED) is 0.938. The number of hydrogen-bond acceptors (Lipinski definition) is 6. The lowest BCUT2D eigenvalue weighted by molar-refractivity contribution is 0.198. The Morgan fingerprint density at radius 1 is 1.55 bits per heavy atom. The molecule has 22 heavy (non-hydrogen) atoms. The van der Waals surface area contributed by atoms with Gasteiger partial charge in [0, 0.05) is 17.0 Å². The Hall–Kier alpha value is -1.66. The minimum absolute atomic E-state index is 0.320. The van der Waals surface area contributed by atoms with Gasteiger partial charge in [0.15, 0.2) is 5.75 Å². The van der Waals surface area contributed by atoms with Gasteiger partial charge in [-0.25, -0.2) is 4.98 Å². The first-order valence-electron chi connectivity index (χ1n) is 7.58. The maximum absolute atomic E-state index is 11.5. The second-order valence-electron chi connectivity index (χ2n) is 5.69. The monoisotopic (exact) mass is 320 g/mol. The molecule has 1 aliphatic carbocycles. The molecule has 0 spiro atoms. The van der Waals surface area contributed by atoms with Crippen molar-refractivity contribution in [2.45, 2.75) is 45.2 Å². The van der Waals surface area contributed by atoms with Crippen molar-refractivity contribution >= 4 is 11.3 Å². The summed E-state index contributed by atoms with van der Waals surface area (Å²) in [5.41, 5.74) is 0.835. The summed E-state index contributed by atoms with van der Waals surface area (Å²) in [6.45, 7) is 2.67. The smallest absolute Gasteiger partial charge is 0.226 e. The van der Waals surface area contributed by atoms with Gasteiger partial charge in [0.1, 0.15) is 12.0 Å². The molecule has 0 radical (unpaired) electrons. The number of aromatic hydroxyl groups is 1. The number of aromatic nitrogens is 1. The van der Waals surface area contributed by atoms with E-state index in [9.17, 15) is 9.90 Å². The molecule has 5 nitrogen and oxygen atoms in total. The van der Waals surface area contributed by atoms with Crippen LogP contribution in [0.15, 0.2) is 21.5 Å². The Labute approximate surface area is 133 Å². The van der Waals surface area contributed by atoms with Crippen molar-refractivity contribution in [1.82, 2.24) is 9.88 Å². The molecule has 2 aromatic heterocycles. The van der Waals surface area contributed by atoms with E-state index in [0.29, 0.717) is 18.3 Å². The summed E-state index contributed by atoms with van der Waals surface area (Å²) in [5, 5.41) is 10.5.